The third-order valence-electron chi connectivity index (χ3n) is 6.36. The molecule has 1 aliphatic heterocycles. The summed E-state index contributed by atoms with van der Waals surface area (Å²) in [6, 6.07) is 17.8. The fourth-order valence-corrected chi connectivity index (χ4v) is 4.38. The van der Waals surface area contributed by atoms with E-state index in [1.807, 2.05) is 47.5 Å². The van der Waals surface area contributed by atoms with E-state index in [0.29, 0.717) is 30.9 Å². The number of phenols is 1. The van der Waals surface area contributed by atoms with Crippen LogP contribution in [0.2, 0.25) is 0 Å². The molecule has 1 unspecified atom stereocenters. The Bertz CT molecular complexity index is 1040. The maximum atomic E-state index is 13.1. The Balaban J connectivity index is 1.45. The predicted octanol–water partition coefficient (Wildman–Crippen LogP) is 4.42. The number of aromatic nitrogens is 1. The Labute approximate surface area is 183 Å². The number of phenolic OH excluding ortho intramolecular Hbond substituents is 1. The van der Waals surface area contributed by atoms with E-state index in [1.165, 1.54) is 5.56 Å². The first kappa shape index (κ1) is 21.1. The van der Waals surface area contributed by atoms with Crippen LogP contribution in [0.4, 0.5) is 0 Å². The lowest BCUT2D eigenvalue weighted by molar-refractivity contribution is 0.0712. The van der Waals surface area contributed by atoms with Gasteiger partial charge in [0.15, 0.2) is 0 Å². The molecule has 0 bridgehead atoms. The number of carbonyl (C=O) groups is 1. The van der Waals surface area contributed by atoms with Crippen LogP contribution in [0.1, 0.15) is 64.2 Å². The average molecular weight is 416 g/mol. The van der Waals surface area contributed by atoms with Gasteiger partial charge in [-0.1, -0.05) is 49.4 Å². The van der Waals surface area contributed by atoms with Gasteiger partial charge in [0, 0.05) is 37.9 Å². The summed E-state index contributed by atoms with van der Waals surface area (Å²) in [6.07, 6.45) is 5.14. The van der Waals surface area contributed by atoms with Gasteiger partial charge in [-0.15, -0.1) is 0 Å². The summed E-state index contributed by atoms with van der Waals surface area (Å²) in [4.78, 5) is 19.4. The van der Waals surface area contributed by atoms with E-state index in [4.69, 9.17) is 5.73 Å². The second kappa shape index (κ2) is 9.31. The number of carbonyl (C=O) groups excluding carboxylic acids is 1. The fraction of sp³-hybridized carbons (Fsp3) is 0.308. The van der Waals surface area contributed by atoms with Gasteiger partial charge in [0.05, 0.1) is 5.56 Å². The normalized spacial score (nSPS) is 15.6. The second-order valence-electron chi connectivity index (χ2n) is 8.30. The summed E-state index contributed by atoms with van der Waals surface area (Å²) in [6.45, 7) is 3.91. The smallest absolute Gasteiger partial charge is 0.255 e. The van der Waals surface area contributed by atoms with Gasteiger partial charge in [0.1, 0.15) is 5.75 Å². The predicted molar refractivity (Wildman–Crippen MR) is 122 cm³/mol. The Kier molecular flexibility index (Phi) is 6.33. The van der Waals surface area contributed by atoms with Crippen LogP contribution in [-0.4, -0.2) is 34.0 Å². The SMILES string of the molecule is CC(c1ccccc1)c1cncc(C(=O)N2CCC(c3cc(CN)ccc3O)CC2)c1. The first-order valence-corrected chi connectivity index (χ1v) is 10.9. The number of rotatable bonds is 5. The molecule has 0 radical (unpaired) electrons. The van der Waals surface area contributed by atoms with E-state index in [0.717, 1.165) is 29.5 Å². The molecule has 2 heterocycles. The molecule has 5 nitrogen and oxygen atoms in total. The van der Waals surface area contributed by atoms with Crippen LogP contribution in [0.3, 0.4) is 0 Å². The van der Waals surface area contributed by atoms with Crippen LogP contribution in [-0.2, 0) is 6.54 Å². The Morgan fingerprint density at radius 1 is 1.10 bits per heavy atom. The summed E-state index contributed by atoms with van der Waals surface area (Å²) in [7, 11) is 0. The zero-order chi connectivity index (χ0) is 21.8. The molecule has 2 aromatic carbocycles. The Hall–Kier alpha value is -3.18. The third kappa shape index (κ3) is 4.62. The minimum absolute atomic E-state index is 0.0213. The summed E-state index contributed by atoms with van der Waals surface area (Å²) in [5.74, 6) is 0.741. The first-order chi connectivity index (χ1) is 15.1. The highest BCUT2D eigenvalue weighted by Gasteiger charge is 2.26. The van der Waals surface area contributed by atoms with Gasteiger partial charge >= 0.3 is 0 Å². The first-order valence-electron chi connectivity index (χ1n) is 10.9. The number of piperidine rings is 1. The van der Waals surface area contributed by atoms with Crippen molar-refractivity contribution in [1.29, 1.82) is 0 Å². The van der Waals surface area contributed by atoms with Crippen LogP contribution >= 0.6 is 0 Å². The quantitative estimate of drug-likeness (QED) is 0.647. The average Bonchev–Trinajstić information content (AvgIpc) is 2.84. The molecule has 0 spiro atoms. The van der Waals surface area contributed by atoms with Crippen molar-refractivity contribution in [2.45, 2.75) is 38.1 Å². The minimum Gasteiger partial charge on any atom is -0.508 e. The number of hydrogen-bond donors (Lipinski definition) is 2. The molecule has 1 amide bonds. The molecule has 0 saturated carbocycles. The number of benzene rings is 2. The Morgan fingerprint density at radius 3 is 2.55 bits per heavy atom. The van der Waals surface area contributed by atoms with Gasteiger partial charge in [0.2, 0.25) is 0 Å². The summed E-state index contributed by atoms with van der Waals surface area (Å²) in [5.41, 5.74) is 10.6. The minimum atomic E-state index is 0.0213. The highest BCUT2D eigenvalue weighted by molar-refractivity contribution is 5.94. The van der Waals surface area contributed by atoms with Crippen molar-refractivity contribution in [2.75, 3.05) is 13.1 Å². The van der Waals surface area contributed by atoms with Gasteiger partial charge in [0.25, 0.3) is 5.91 Å². The van der Waals surface area contributed by atoms with Crippen LogP contribution in [0.25, 0.3) is 0 Å². The van der Waals surface area contributed by atoms with Gasteiger partial charge in [-0.25, -0.2) is 0 Å². The number of nitrogens with zero attached hydrogens (tertiary/aromatic N) is 2. The summed E-state index contributed by atoms with van der Waals surface area (Å²) in [5, 5.41) is 10.3. The Morgan fingerprint density at radius 2 is 1.84 bits per heavy atom. The molecular weight excluding hydrogens is 386 g/mol. The van der Waals surface area contributed by atoms with E-state index in [1.54, 1.807) is 12.3 Å². The highest BCUT2D eigenvalue weighted by Crippen LogP contribution is 2.35. The highest BCUT2D eigenvalue weighted by atomic mass is 16.3. The van der Waals surface area contributed by atoms with Gasteiger partial charge in [-0.3, -0.25) is 9.78 Å². The van der Waals surface area contributed by atoms with Crippen LogP contribution in [0.5, 0.6) is 5.75 Å². The zero-order valence-electron chi connectivity index (χ0n) is 17.9. The maximum Gasteiger partial charge on any atom is 0.255 e. The van der Waals surface area contributed by atoms with Crippen LogP contribution < -0.4 is 5.73 Å². The number of amides is 1. The standard InChI is InChI=1S/C26H29N3O2/c1-18(20-5-3-2-4-6-20)22-14-23(17-28-16-22)26(31)29-11-9-21(10-12-29)24-13-19(15-27)7-8-25(24)30/h2-8,13-14,16-18,21,30H,9-12,15,27H2,1H3. The van der Waals surface area contributed by atoms with Gasteiger partial charge < -0.3 is 15.7 Å². The van der Waals surface area contributed by atoms with Crippen molar-refractivity contribution in [2.24, 2.45) is 5.73 Å². The van der Waals surface area contributed by atoms with Gasteiger partial charge in [-0.05, 0) is 53.1 Å². The van der Waals surface area contributed by atoms with E-state index in [-0.39, 0.29) is 17.7 Å². The van der Waals surface area contributed by atoms with Crippen molar-refractivity contribution in [3.63, 3.8) is 0 Å². The van der Waals surface area contributed by atoms with E-state index < -0.39 is 0 Å². The van der Waals surface area contributed by atoms with Crippen LogP contribution in [0, 0.1) is 0 Å². The maximum absolute atomic E-state index is 13.1. The molecule has 1 fully saturated rings. The van der Waals surface area contributed by atoms with Crippen molar-refractivity contribution in [1.82, 2.24) is 9.88 Å². The third-order valence-corrected chi connectivity index (χ3v) is 6.36. The molecule has 1 atom stereocenters. The molecule has 3 aromatic rings. The monoisotopic (exact) mass is 415 g/mol. The molecule has 5 heteroatoms. The topological polar surface area (TPSA) is 79.5 Å². The number of hydrogen-bond acceptors (Lipinski definition) is 4. The summed E-state index contributed by atoms with van der Waals surface area (Å²) < 4.78 is 0. The molecule has 31 heavy (non-hydrogen) atoms. The molecule has 3 N–H and O–H groups in total. The molecule has 1 aliphatic rings. The summed E-state index contributed by atoms with van der Waals surface area (Å²) >= 11 is 0. The molecule has 160 valence electrons. The number of nitrogens with two attached hydrogens (primary N) is 1. The molecule has 4 rings (SSSR count). The molecular formula is C26H29N3O2. The van der Waals surface area contributed by atoms with Crippen molar-refractivity contribution >= 4 is 5.91 Å². The van der Waals surface area contributed by atoms with Crippen molar-refractivity contribution in [3.8, 4) is 5.75 Å². The molecule has 0 aliphatic carbocycles. The van der Waals surface area contributed by atoms with Crippen molar-refractivity contribution < 1.29 is 9.90 Å². The fourth-order valence-electron chi connectivity index (χ4n) is 4.38. The van der Waals surface area contributed by atoms with E-state index in [9.17, 15) is 9.90 Å². The molecule has 1 aromatic heterocycles. The molecule has 1 saturated heterocycles. The van der Waals surface area contributed by atoms with Gasteiger partial charge in [-0.2, -0.15) is 0 Å². The van der Waals surface area contributed by atoms with Crippen LogP contribution in [0.15, 0.2) is 67.0 Å². The zero-order valence-corrected chi connectivity index (χ0v) is 17.9. The lowest BCUT2D eigenvalue weighted by atomic mass is 9.87. The van der Waals surface area contributed by atoms with Crippen molar-refractivity contribution in [3.05, 3.63) is 94.8 Å². The lowest BCUT2D eigenvalue weighted by Gasteiger charge is -2.32. The lowest BCUT2D eigenvalue weighted by Crippen LogP contribution is -2.38. The number of aromatic hydroxyl groups is 1. The number of pyridine rings is 1. The largest absolute Gasteiger partial charge is 0.508 e. The number of likely N-dealkylation sites (tertiary alicyclic amines) is 1. The van der Waals surface area contributed by atoms with E-state index in [2.05, 4.69) is 24.0 Å². The second-order valence-corrected chi connectivity index (χ2v) is 8.30. The van der Waals surface area contributed by atoms with E-state index >= 15 is 0 Å².